The minimum absolute atomic E-state index is 0.130. The molecule has 2 aromatic carbocycles. The highest BCUT2D eigenvalue weighted by Crippen LogP contribution is 2.27. The summed E-state index contributed by atoms with van der Waals surface area (Å²) in [5.41, 5.74) is 1.39. The third-order valence-corrected chi connectivity index (χ3v) is 4.18. The minimum atomic E-state index is -0.174. The van der Waals surface area contributed by atoms with E-state index in [0.29, 0.717) is 30.2 Å². The molecule has 6 nitrogen and oxygen atoms in total. The smallest absolute Gasteiger partial charge is 0.251 e. The second-order valence-electron chi connectivity index (χ2n) is 5.48. The zero-order valence-corrected chi connectivity index (χ0v) is 16.3. The largest absolute Gasteiger partial charge is 0.493 e. The summed E-state index contributed by atoms with van der Waals surface area (Å²) >= 11 is 3.32. The zero-order valence-electron chi connectivity index (χ0n) is 14.7. The SMILES string of the molecule is COc1ccc(CC(=O)NCCNC(=O)c2ccc(Br)cc2)cc1OC. The number of hydrogen-bond donors (Lipinski definition) is 2. The van der Waals surface area contributed by atoms with Gasteiger partial charge in [0.2, 0.25) is 5.91 Å². The van der Waals surface area contributed by atoms with Gasteiger partial charge in [0, 0.05) is 23.1 Å². The van der Waals surface area contributed by atoms with Gasteiger partial charge in [-0.25, -0.2) is 0 Å². The molecule has 0 radical (unpaired) electrons. The van der Waals surface area contributed by atoms with E-state index in [1.165, 1.54) is 0 Å². The van der Waals surface area contributed by atoms with Gasteiger partial charge in [-0.3, -0.25) is 9.59 Å². The number of nitrogens with one attached hydrogen (secondary N) is 2. The van der Waals surface area contributed by atoms with Crippen LogP contribution in [0.15, 0.2) is 46.9 Å². The van der Waals surface area contributed by atoms with Gasteiger partial charge in [-0.05, 0) is 42.0 Å². The van der Waals surface area contributed by atoms with Crippen molar-refractivity contribution in [2.24, 2.45) is 0 Å². The first kappa shape index (κ1) is 19.8. The summed E-state index contributed by atoms with van der Waals surface area (Å²) < 4.78 is 11.3. The van der Waals surface area contributed by atoms with Crippen LogP contribution in [0.3, 0.4) is 0 Å². The van der Waals surface area contributed by atoms with E-state index >= 15 is 0 Å². The van der Waals surface area contributed by atoms with Gasteiger partial charge in [-0.1, -0.05) is 22.0 Å². The Hall–Kier alpha value is -2.54. The fraction of sp³-hybridized carbons (Fsp3) is 0.263. The van der Waals surface area contributed by atoms with Crippen molar-refractivity contribution in [3.05, 3.63) is 58.1 Å². The molecule has 2 N–H and O–H groups in total. The molecule has 0 saturated carbocycles. The van der Waals surface area contributed by atoms with E-state index in [0.717, 1.165) is 10.0 Å². The van der Waals surface area contributed by atoms with Gasteiger partial charge in [0.05, 0.1) is 20.6 Å². The van der Waals surface area contributed by atoms with E-state index in [1.54, 1.807) is 50.6 Å². The first-order valence-electron chi connectivity index (χ1n) is 8.05. The summed E-state index contributed by atoms with van der Waals surface area (Å²) in [7, 11) is 3.11. The predicted molar refractivity (Wildman–Crippen MR) is 103 cm³/mol. The lowest BCUT2D eigenvalue weighted by Gasteiger charge is -2.10. The van der Waals surface area contributed by atoms with Crippen LogP contribution in [-0.4, -0.2) is 39.1 Å². The normalized spacial score (nSPS) is 10.1. The quantitative estimate of drug-likeness (QED) is 0.643. The van der Waals surface area contributed by atoms with Crippen LogP contribution in [0.2, 0.25) is 0 Å². The summed E-state index contributed by atoms with van der Waals surface area (Å²) in [6, 6.07) is 12.4. The van der Waals surface area contributed by atoms with Crippen LogP contribution in [0.5, 0.6) is 11.5 Å². The maximum atomic E-state index is 12.0. The highest BCUT2D eigenvalue weighted by Gasteiger charge is 2.09. The fourth-order valence-electron chi connectivity index (χ4n) is 2.32. The molecule has 0 aliphatic rings. The van der Waals surface area contributed by atoms with Crippen LogP contribution in [0, 0.1) is 0 Å². The van der Waals surface area contributed by atoms with E-state index < -0.39 is 0 Å². The summed E-state index contributed by atoms with van der Waals surface area (Å²) in [5, 5.41) is 5.55. The minimum Gasteiger partial charge on any atom is -0.493 e. The molecule has 0 unspecified atom stereocenters. The zero-order chi connectivity index (χ0) is 18.9. The van der Waals surface area contributed by atoms with E-state index in [4.69, 9.17) is 9.47 Å². The molecular weight excluding hydrogens is 400 g/mol. The van der Waals surface area contributed by atoms with Crippen LogP contribution >= 0.6 is 15.9 Å². The molecule has 0 heterocycles. The predicted octanol–water partition coefficient (Wildman–Crippen LogP) is 2.56. The van der Waals surface area contributed by atoms with Gasteiger partial charge < -0.3 is 20.1 Å². The third kappa shape index (κ3) is 5.77. The summed E-state index contributed by atoms with van der Waals surface area (Å²) in [6.45, 7) is 0.709. The van der Waals surface area contributed by atoms with Crippen molar-refractivity contribution < 1.29 is 19.1 Å². The molecule has 0 saturated heterocycles. The third-order valence-electron chi connectivity index (χ3n) is 3.65. The van der Waals surface area contributed by atoms with Crippen LogP contribution in [-0.2, 0) is 11.2 Å². The monoisotopic (exact) mass is 420 g/mol. The van der Waals surface area contributed by atoms with Crippen LogP contribution < -0.4 is 20.1 Å². The lowest BCUT2D eigenvalue weighted by molar-refractivity contribution is -0.120. The highest BCUT2D eigenvalue weighted by molar-refractivity contribution is 9.10. The number of methoxy groups -OCH3 is 2. The maximum Gasteiger partial charge on any atom is 0.251 e. The Morgan fingerprint density at radius 3 is 2.23 bits per heavy atom. The number of carbonyl (C=O) groups is 2. The first-order chi connectivity index (χ1) is 12.5. The molecule has 26 heavy (non-hydrogen) atoms. The molecule has 0 aliphatic carbocycles. The van der Waals surface area contributed by atoms with Crippen molar-refractivity contribution in [2.45, 2.75) is 6.42 Å². The second-order valence-corrected chi connectivity index (χ2v) is 6.39. The number of ether oxygens (including phenoxy) is 2. The van der Waals surface area contributed by atoms with Gasteiger partial charge in [-0.2, -0.15) is 0 Å². The number of benzene rings is 2. The Bertz CT molecular complexity index is 763. The average molecular weight is 421 g/mol. The van der Waals surface area contributed by atoms with Crippen LogP contribution in [0.25, 0.3) is 0 Å². The molecule has 2 rings (SSSR count). The van der Waals surface area contributed by atoms with E-state index in [9.17, 15) is 9.59 Å². The molecule has 7 heteroatoms. The Kier molecular flexibility index (Phi) is 7.47. The lowest BCUT2D eigenvalue weighted by Crippen LogP contribution is -2.35. The van der Waals surface area contributed by atoms with Crippen molar-refractivity contribution in [2.75, 3.05) is 27.3 Å². The second kappa shape index (κ2) is 9.82. The standard InChI is InChI=1S/C19H21BrN2O4/c1-25-16-8-3-13(11-17(16)26-2)12-18(23)21-9-10-22-19(24)14-4-6-15(20)7-5-14/h3-8,11H,9-10,12H2,1-2H3,(H,21,23)(H,22,24). The topological polar surface area (TPSA) is 76.7 Å². The summed E-state index contributed by atoms with van der Waals surface area (Å²) in [5.74, 6) is 0.897. The number of halogens is 1. The average Bonchev–Trinajstić information content (AvgIpc) is 2.65. The maximum absolute atomic E-state index is 12.0. The van der Waals surface area contributed by atoms with E-state index in [-0.39, 0.29) is 18.2 Å². The molecule has 0 aliphatic heterocycles. The molecule has 2 amide bonds. The lowest BCUT2D eigenvalue weighted by atomic mass is 10.1. The van der Waals surface area contributed by atoms with E-state index in [2.05, 4.69) is 26.6 Å². The summed E-state index contributed by atoms with van der Waals surface area (Å²) in [6.07, 6.45) is 0.223. The first-order valence-corrected chi connectivity index (χ1v) is 8.84. The van der Waals surface area contributed by atoms with Gasteiger partial charge in [0.25, 0.3) is 5.91 Å². The molecule has 0 aromatic heterocycles. The number of amides is 2. The molecule has 0 bridgehead atoms. The molecular formula is C19H21BrN2O4. The Labute approximate surface area is 161 Å². The number of rotatable bonds is 8. The molecule has 0 spiro atoms. The Balaban J connectivity index is 1.75. The van der Waals surface area contributed by atoms with Crippen molar-refractivity contribution in [3.8, 4) is 11.5 Å². The van der Waals surface area contributed by atoms with Crippen molar-refractivity contribution in [1.29, 1.82) is 0 Å². The van der Waals surface area contributed by atoms with Gasteiger partial charge in [0.1, 0.15) is 0 Å². The fourth-order valence-corrected chi connectivity index (χ4v) is 2.58. The van der Waals surface area contributed by atoms with Crippen molar-refractivity contribution >= 4 is 27.7 Å². The number of carbonyl (C=O) groups excluding carboxylic acids is 2. The Morgan fingerprint density at radius 1 is 0.923 bits per heavy atom. The van der Waals surface area contributed by atoms with Crippen molar-refractivity contribution in [1.82, 2.24) is 10.6 Å². The molecule has 0 atom stereocenters. The summed E-state index contributed by atoms with van der Waals surface area (Å²) in [4.78, 5) is 24.0. The van der Waals surface area contributed by atoms with Gasteiger partial charge in [-0.15, -0.1) is 0 Å². The van der Waals surface area contributed by atoms with Gasteiger partial charge in [0.15, 0.2) is 11.5 Å². The highest BCUT2D eigenvalue weighted by atomic mass is 79.9. The molecule has 0 fully saturated rings. The number of hydrogen-bond acceptors (Lipinski definition) is 4. The van der Waals surface area contributed by atoms with E-state index in [1.807, 2.05) is 6.07 Å². The Morgan fingerprint density at radius 2 is 1.58 bits per heavy atom. The van der Waals surface area contributed by atoms with Gasteiger partial charge >= 0.3 is 0 Å². The molecule has 138 valence electrons. The molecule has 2 aromatic rings. The van der Waals surface area contributed by atoms with Crippen molar-refractivity contribution in [3.63, 3.8) is 0 Å². The van der Waals surface area contributed by atoms with Crippen LogP contribution in [0.4, 0.5) is 0 Å². The van der Waals surface area contributed by atoms with Crippen LogP contribution in [0.1, 0.15) is 15.9 Å².